The lowest BCUT2D eigenvalue weighted by atomic mass is 9.96. The molecule has 0 aliphatic carbocycles. The standard InChI is InChI=1S/C30H30FNO4/c1-5-35-24-15-21(14-22(16-24)26(33)12-6-18(2)3)20-9-13-27-25(17-20)28(30(34)32-4)29(36-27)19-7-10-23(31)11-8-19/h7-11,13-18H,5-6,12H2,1-4H3,(H,32,34). The molecule has 1 heterocycles. The predicted octanol–water partition coefficient (Wildman–Crippen LogP) is 7.28. The van der Waals surface area contributed by atoms with Crippen molar-refractivity contribution < 1.29 is 23.1 Å². The number of benzene rings is 3. The number of furan rings is 1. The van der Waals surface area contributed by atoms with E-state index < -0.39 is 0 Å². The third kappa shape index (κ3) is 5.33. The minimum Gasteiger partial charge on any atom is -0.494 e. The fourth-order valence-corrected chi connectivity index (χ4v) is 4.17. The third-order valence-electron chi connectivity index (χ3n) is 6.07. The summed E-state index contributed by atoms with van der Waals surface area (Å²) in [5.74, 6) is 0.818. The van der Waals surface area contributed by atoms with Crippen LogP contribution in [0.2, 0.25) is 0 Å². The molecule has 0 bridgehead atoms. The van der Waals surface area contributed by atoms with E-state index in [1.165, 1.54) is 12.1 Å². The molecule has 0 saturated heterocycles. The summed E-state index contributed by atoms with van der Waals surface area (Å²) in [7, 11) is 1.56. The fourth-order valence-electron chi connectivity index (χ4n) is 4.17. The molecular weight excluding hydrogens is 457 g/mol. The largest absolute Gasteiger partial charge is 0.494 e. The molecule has 186 valence electrons. The number of ketones is 1. The second-order valence-corrected chi connectivity index (χ2v) is 9.14. The molecule has 0 atom stereocenters. The molecule has 4 aromatic rings. The van der Waals surface area contributed by atoms with Crippen molar-refractivity contribution in [2.45, 2.75) is 33.6 Å². The number of carbonyl (C=O) groups is 2. The summed E-state index contributed by atoms with van der Waals surface area (Å²) in [6.07, 6.45) is 1.28. The van der Waals surface area contributed by atoms with Crippen LogP contribution in [0, 0.1) is 11.7 Å². The minimum atomic E-state index is -0.369. The average molecular weight is 488 g/mol. The molecule has 36 heavy (non-hydrogen) atoms. The predicted molar refractivity (Wildman–Crippen MR) is 140 cm³/mol. The lowest BCUT2D eigenvalue weighted by Gasteiger charge is -2.11. The first-order chi connectivity index (χ1) is 17.3. The Morgan fingerprint density at radius 1 is 0.972 bits per heavy atom. The molecule has 5 nitrogen and oxygen atoms in total. The number of rotatable bonds is 9. The van der Waals surface area contributed by atoms with Crippen molar-refractivity contribution in [1.29, 1.82) is 0 Å². The highest BCUT2D eigenvalue weighted by atomic mass is 19.1. The van der Waals surface area contributed by atoms with E-state index in [-0.39, 0.29) is 17.5 Å². The zero-order valence-corrected chi connectivity index (χ0v) is 21.0. The first-order valence-corrected chi connectivity index (χ1v) is 12.2. The number of halogens is 1. The van der Waals surface area contributed by atoms with E-state index in [2.05, 4.69) is 19.2 Å². The van der Waals surface area contributed by atoms with Crippen LogP contribution in [0.3, 0.4) is 0 Å². The van der Waals surface area contributed by atoms with Crippen LogP contribution < -0.4 is 10.1 Å². The van der Waals surface area contributed by atoms with Crippen molar-refractivity contribution in [2.75, 3.05) is 13.7 Å². The second-order valence-electron chi connectivity index (χ2n) is 9.14. The maximum absolute atomic E-state index is 13.5. The van der Waals surface area contributed by atoms with Gasteiger partial charge < -0.3 is 14.5 Å². The number of ether oxygens (including phenoxy) is 1. The van der Waals surface area contributed by atoms with E-state index in [4.69, 9.17) is 9.15 Å². The monoisotopic (exact) mass is 487 g/mol. The molecule has 1 N–H and O–H groups in total. The highest BCUT2D eigenvalue weighted by molar-refractivity contribution is 6.12. The summed E-state index contributed by atoms with van der Waals surface area (Å²) in [6.45, 7) is 6.57. The van der Waals surface area contributed by atoms with Gasteiger partial charge in [0.1, 0.15) is 22.9 Å². The van der Waals surface area contributed by atoms with Crippen molar-refractivity contribution >= 4 is 22.7 Å². The highest BCUT2D eigenvalue weighted by Crippen LogP contribution is 2.37. The quantitative estimate of drug-likeness (QED) is 0.252. The van der Waals surface area contributed by atoms with Crippen LogP contribution in [0.1, 0.15) is 54.3 Å². The van der Waals surface area contributed by atoms with E-state index in [1.54, 1.807) is 31.3 Å². The van der Waals surface area contributed by atoms with Crippen molar-refractivity contribution in [3.63, 3.8) is 0 Å². The Labute approximate surface area is 210 Å². The molecule has 0 aliphatic rings. The van der Waals surface area contributed by atoms with Crippen LogP contribution in [-0.4, -0.2) is 25.3 Å². The second kappa shape index (κ2) is 10.8. The van der Waals surface area contributed by atoms with Gasteiger partial charge >= 0.3 is 0 Å². The molecule has 1 amide bonds. The molecular formula is C30H30FNO4. The van der Waals surface area contributed by atoms with Crippen molar-refractivity contribution in [3.8, 4) is 28.2 Å². The number of carbonyl (C=O) groups excluding carboxylic acids is 2. The van der Waals surface area contributed by atoms with E-state index in [9.17, 15) is 14.0 Å². The Hall–Kier alpha value is -3.93. The molecule has 0 aliphatic heterocycles. The van der Waals surface area contributed by atoms with E-state index >= 15 is 0 Å². The van der Waals surface area contributed by atoms with E-state index in [0.29, 0.717) is 58.1 Å². The van der Waals surface area contributed by atoms with Gasteiger partial charge in [-0.05, 0) is 85.0 Å². The van der Waals surface area contributed by atoms with Crippen LogP contribution in [0.15, 0.2) is 65.1 Å². The Balaban J connectivity index is 1.84. The average Bonchev–Trinajstić information content (AvgIpc) is 3.26. The molecule has 0 unspecified atom stereocenters. The summed E-state index contributed by atoms with van der Waals surface area (Å²) in [4.78, 5) is 25.8. The van der Waals surface area contributed by atoms with Gasteiger partial charge in [0.05, 0.1) is 12.2 Å². The molecule has 3 aromatic carbocycles. The number of Topliss-reactive ketones (excluding diaryl/α,β-unsaturated/α-hetero) is 1. The molecule has 0 spiro atoms. The maximum Gasteiger partial charge on any atom is 0.255 e. The molecule has 0 saturated carbocycles. The summed E-state index contributed by atoms with van der Waals surface area (Å²) < 4.78 is 25.3. The lowest BCUT2D eigenvalue weighted by Crippen LogP contribution is -2.18. The zero-order chi connectivity index (χ0) is 25.8. The number of hydrogen-bond donors (Lipinski definition) is 1. The van der Waals surface area contributed by atoms with E-state index in [1.807, 2.05) is 31.2 Å². The fraction of sp³-hybridized carbons (Fsp3) is 0.267. The number of nitrogens with one attached hydrogen (secondary N) is 1. The van der Waals surface area contributed by atoms with Crippen LogP contribution in [0.5, 0.6) is 5.75 Å². The van der Waals surface area contributed by atoms with Crippen LogP contribution >= 0.6 is 0 Å². The van der Waals surface area contributed by atoms with Gasteiger partial charge in [-0.1, -0.05) is 19.9 Å². The smallest absolute Gasteiger partial charge is 0.255 e. The number of hydrogen-bond acceptors (Lipinski definition) is 4. The Morgan fingerprint density at radius 2 is 1.69 bits per heavy atom. The van der Waals surface area contributed by atoms with Gasteiger partial charge in [0.25, 0.3) is 5.91 Å². The van der Waals surface area contributed by atoms with Gasteiger partial charge in [0, 0.05) is 30.0 Å². The van der Waals surface area contributed by atoms with Gasteiger partial charge in [-0.2, -0.15) is 0 Å². The summed E-state index contributed by atoms with van der Waals surface area (Å²) >= 11 is 0. The molecule has 0 radical (unpaired) electrons. The highest BCUT2D eigenvalue weighted by Gasteiger charge is 2.22. The Kier molecular flexibility index (Phi) is 7.53. The third-order valence-corrected chi connectivity index (χ3v) is 6.07. The first kappa shape index (κ1) is 25.2. The SMILES string of the molecule is CCOc1cc(C(=O)CCC(C)C)cc(-c2ccc3oc(-c4ccc(F)cc4)c(C(=O)NC)c3c2)c1. The topological polar surface area (TPSA) is 68.5 Å². The van der Waals surface area contributed by atoms with Gasteiger partial charge in [-0.15, -0.1) is 0 Å². The van der Waals surface area contributed by atoms with Crippen molar-refractivity contribution in [1.82, 2.24) is 5.32 Å². The summed E-state index contributed by atoms with van der Waals surface area (Å²) in [5.41, 5.74) is 3.73. The zero-order valence-electron chi connectivity index (χ0n) is 21.0. The molecule has 4 rings (SSSR count). The van der Waals surface area contributed by atoms with Gasteiger partial charge in [-0.25, -0.2) is 4.39 Å². The molecule has 6 heteroatoms. The van der Waals surface area contributed by atoms with Gasteiger partial charge in [0.2, 0.25) is 0 Å². The summed E-state index contributed by atoms with van der Waals surface area (Å²) in [5, 5.41) is 3.30. The number of fused-ring (bicyclic) bond motifs is 1. The minimum absolute atomic E-state index is 0.0699. The van der Waals surface area contributed by atoms with Crippen molar-refractivity contribution in [3.05, 3.63) is 77.6 Å². The summed E-state index contributed by atoms with van der Waals surface area (Å²) in [6, 6.07) is 17.0. The number of amides is 1. The van der Waals surface area contributed by atoms with Crippen LogP contribution in [0.4, 0.5) is 4.39 Å². The first-order valence-electron chi connectivity index (χ1n) is 12.2. The normalized spacial score (nSPS) is 11.2. The van der Waals surface area contributed by atoms with Gasteiger partial charge in [-0.3, -0.25) is 9.59 Å². The molecule has 1 aromatic heterocycles. The molecule has 0 fully saturated rings. The van der Waals surface area contributed by atoms with Gasteiger partial charge in [0.15, 0.2) is 5.78 Å². The van der Waals surface area contributed by atoms with Crippen LogP contribution in [-0.2, 0) is 0 Å². The Morgan fingerprint density at radius 3 is 2.36 bits per heavy atom. The lowest BCUT2D eigenvalue weighted by molar-refractivity contribution is 0.0960. The van der Waals surface area contributed by atoms with Crippen LogP contribution in [0.25, 0.3) is 33.4 Å². The maximum atomic E-state index is 13.5. The van der Waals surface area contributed by atoms with E-state index in [0.717, 1.165) is 17.5 Å². The Bertz CT molecular complexity index is 1400. The van der Waals surface area contributed by atoms with Crippen molar-refractivity contribution in [2.24, 2.45) is 5.92 Å².